The van der Waals surface area contributed by atoms with E-state index in [4.69, 9.17) is 10.5 Å². The quantitative estimate of drug-likeness (QED) is 0.554. The number of rotatable bonds is 6. The zero-order chi connectivity index (χ0) is 19.3. The van der Waals surface area contributed by atoms with Crippen LogP contribution in [0.25, 0.3) is 22.6 Å². The lowest BCUT2D eigenvalue weighted by Crippen LogP contribution is -2.04. The molecule has 2 N–H and O–H groups in total. The van der Waals surface area contributed by atoms with Crippen molar-refractivity contribution in [3.8, 4) is 22.6 Å². The average molecular weight is 372 g/mol. The third-order valence-electron chi connectivity index (χ3n) is 4.03. The molecule has 4 rings (SSSR count). The van der Waals surface area contributed by atoms with Gasteiger partial charge in [-0.05, 0) is 30.3 Å². The van der Waals surface area contributed by atoms with E-state index in [0.717, 1.165) is 17.0 Å². The van der Waals surface area contributed by atoms with Crippen LogP contribution in [0.1, 0.15) is 11.4 Å². The minimum Gasteiger partial charge on any atom is -0.378 e. The van der Waals surface area contributed by atoms with E-state index < -0.39 is 0 Å². The summed E-state index contributed by atoms with van der Waals surface area (Å²) in [6.07, 6.45) is 1.81. The van der Waals surface area contributed by atoms with Crippen molar-refractivity contribution in [3.05, 3.63) is 72.2 Å². The second-order valence-electron chi connectivity index (χ2n) is 6.14. The predicted octanol–water partition coefficient (Wildman–Crippen LogP) is 2.37. The number of methoxy groups -OCH3 is 1. The summed E-state index contributed by atoms with van der Waals surface area (Å²) in [4.78, 5) is 13.1. The molecule has 0 atom stereocenters. The normalized spacial score (nSPS) is 10.9. The fourth-order valence-corrected chi connectivity index (χ4v) is 2.80. The van der Waals surface area contributed by atoms with Crippen LogP contribution in [0, 0.1) is 6.07 Å². The van der Waals surface area contributed by atoms with Crippen LogP contribution in [0.15, 0.2) is 54.7 Å². The summed E-state index contributed by atoms with van der Waals surface area (Å²) >= 11 is 0. The van der Waals surface area contributed by atoms with Crippen molar-refractivity contribution in [2.75, 3.05) is 12.8 Å². The number of nitrogen functional groups attached to an aromatic ring is 1. The van der Waals surface area contributed by atoms with E-state index >= 15 is 0 Å². The number of benzene rings is 1. The van der Waals surface area contributed by atoms with Crippen molar-refractivity contribution in [2.45, 2.75) is 13.2 Å². The van der Waals surface area contributed by atoms with Crippen molar-refractivity contribution in [2.24, 2.45) is 0 Å². The molecular weight excluding hydrogens is 354 g/mol. The fourth-order valence-electron chi connectivity index (χ4n) is 2.80. The lowest BCUT2D eigenvalue weighted by Gasteiger charge is -2.04. The summed E-state index contributed by atoms with van der Waals surface area (Å²) in [7, 11) is 1.65. The van der Waals surface area contributed by atoms with Gasteiger partial charge in [0.25, 0.3) is 0 Å². The highest BCUT2D eigenvalue weighted by atomic mass is 16.5. The number of pyridine rings is 1. The van der Waals surface area contributed by atoms with Crippen LogP contribution >= 0.6 is 0 Å². The number of nitrogens with two attached hydrogens (primary N) is 1. The molecule has 0 saturated carbocycles. The van der Waals surface area contributed by atoms with Gasteiger partial charge in [0.15, 0.2) is 0 Å². The standard InChI is InChI=1S/C20H18N7O/c1-28-13-16-9-5-8-15(22-16)11-27-12-19(25-26-27)18-10-17(23-20(21)24-18)14-6-3-2-4-7-14/h2-3,5-10,12H,11,13H2,1H3,(H2,21,23,24). The minimum atomic E-state index is 0.180. The van der Waals surface area contributed by atoms with Gasteiger partial charge in [0, 0.05) is 12.7 Å². The van der Waals surface area contributed by atoms with Gasteiger partial charge >= 0.3 is 0 Å². The summed E-state index contributed by atoms with van der Waals surface area (Å²) < 4.78 is 6.84. The predicted molar refractivity (Wildman–Crippen MR) is 104 cm³/mol. The maximum Gasteiger partial charge on any atom is 0.221 e. The van der Waals surface area contributed by atoms with Gasteiger partial charge in [0.1, 0.15) is 5.69 Å². The molecule has 1 radical (unpaired) electrons. The molecule has 0 spiro atoms. The molecule has 0 aliphatic rings. The summed E-state index contributed by atoms with van der Waals surface area (Å²) in [6, 6.07) is 18.2. The SMILES string of the molecule is COCc1cccc(Cn2cc(-c3cc(-c4c[c]ccc4)nc(N)n3)nn2)n1. The van der Waals surface area contributed by atoms with E-state index in [0.29, 0.717) is 30.2 Å². The van der Waals surface area contributed by atoms with Gasteiger partial charge in [-0.3, -0.25) is 4.98 Å². The first-order valence-corrected chi connectivity index (χ1v) is 8.66. The number of aromatic nitrogens is 6. The van der Waals surface area contributed by atoms with Crippen LogP contribution in [-0.4, -0.2) is 37.1 Å². The Labute approximate surface area is 162 Å². The van der Waals surface area contributed by atoms with Crippen LogP contribution in [0.4, 0.5) is 5.95 Å². The van der Waals surface area contributed by atoms with Gasteiger partial charge < -0.3 is 10.5 Å². The Morgan fingerprint density at radius 3 is 2.71 bits per heavy atom. The molecule has 8 nitrogen and oxygen atoms in total. The van der Waals surface area contributed by atoms with Crippen molar-refractivity contribution in [3.63, 3.8) is 0 Å². The number of hydrogen-bond acceptors (Lipinski definition) is 7. The van der Waals surface area contributed by atoms with Crippen molar-refractivity contribution in [1.29, 1.82) is 0 Å². The highest BCUT2D eigenvalue weighted by Crippen LogP contribution is 2.23. The maximum absolute atomic E-state index is 5.90. The third kappa shape index (κ3) is 4.02. The van der Waals surface area contributed by atoms with E-state index in [2.05, 4.69) is 31.3 Å². The second kappa shape index (κ2) is 7.93. The van der Waals surface area contributed by atoms with E-state index in [-0.39, 0.29) is 5.95 Å². The van der Waals surface area contributed by atoms with E-state index in [1.165, 1.54) is 0 Å². The molecule has 139 valence electrons. The first-order valence-electron chi connectivity index (χ1n) is 8.66. The van der Waals surface area contributed by atoms with Crippen LogP contribution in [-0.2, 0) is 17.9 Å². The number of nitrogens with zero attached hydrogens (tertiary/aromatic N) is 6. The molecule has 1 aromatic carbocycles. The third-order valence-corrected chi connectivity index (χ3v) is 4.03. The number of anilines is 1. The summed E-state index contributed by atoms with van der Waals surface area (Å²) in [5.74, 6) is 0.180. The Morgan fingerprint density at radius 1 is 1.04 bits per heavy atom. The molecule has 3 aromatic heterocycles. The van der Waals surface area contributed by atoms with Gasteiger partial charge in [0.2, 0.25) is 5.95 Å². The monoisotopic (exact) mass is 372 g/mol. The lowest BCUT2D eigenvalue weighted by atomic mass is 10.1. The summed E-state index contributed by atoms with van der Waals surface area (Å²) in [5.41, 5.74) is 10.5. The molecule has 8 heteroatoms. The molecule has 0 fully saturated rings. The zero-order valence-electron chi connectivity index (χ0n) is 15.3. The topological polar surface area (TPSA) is 105 Å². The zero-order valence-corrected chi connectivity index (χ0v) is 15.3. The van der Waals surface area contributed by atoms with Gasteiger partial charge in [0.05, 0.1) is 42.1 Å². The Balaban J connectivity index is 1.59. The molecule has 0 unspecified atom stereocenters. The van der Waals surface area contributed by atoms with Crippen molar-refractivity contribution < 1.29 is 4.74 Å². The van der Waals surface area contributed by atoms with Crippen molar-refractivity contribution >= 4 is 5.95 Å². The average Bonchev–Trinajstić information content (AvgIpc) is 3.17. The molecule has 0 amide bonds. The van der Waals surface area contributed by atoms with Crippen LogP contribution < -0.4 is 5.73 Å². The second-order valence-corrected chi connectivity index (χ2v) is 6.14. The molecule has 4 aromatic rings. The maximum atomic E-state index is 5.90. The van der Waals surface area contributed by atoms with Gasteiger partial charge in [-0.25, -0.2) is 14.6 Å². The lowest BCUT2D eigenvalue weighted by molar-refractivity contribution is 0.181. The molecule has 0 saturated heterocycles. The molecule has 3 heterocycles. The smallest absolute Gasteiger partial charge is 0.221 e. The molecule has 28 heavy (non-hydrogen) atoms. The van der Waals surface area contributed by atoms with Gasteiger partial charge in [-0.1, -0.05) is 29.5 Å². The minimum absolute atomic E-state index is 0.180. The highest BCUT2D eigenvalue weighted by molar-refractivity contribution is 5.66. The Bertz CT molecular complexity index is 1080. The van der Waals surface area contributed by atoms with E-state index in [9.17, 15) is 0 Å². The van der Waals surface area contributed by atoms with E-state index in [1.807, 2.05) is 54.7 Å². The molecular formula is C20H18N7O. The highest BCUT2D eigenvalue weighted by Gasteiger charge is 2.11. The Hall–Kier alpha value is -3.65. The van der Waals surface area contributed by atoms with Crippen LogP contribution in [0.5, 0.6) is 0 Å². The Morgan fingerprint density at radius 2 is 1.89 bits per heavy atom. The molecule has 0 aliphatic heterocycles. The largest absolute Gasteiger partial charge is 0.378 e. The molecule has 0 aliphatic carbocycles. The van der Waals surface area contributed by atoms with Crippen molar-refractivity contribution in [1.82, 2.24) is 29.9 Å². The molecule has 0 bridgehead atoms. The fraction of sp³-hybridized carbons (Fsp3) is 0.150. The number of hydrogen-bond donors (Lipinski definition) is 1. The van der Waals surface area contributed by atoms with E-state index in [1.54, 1.807) is 11.8 Å². The van der Waals surface area contributed by atoms with Gasteiger partial charge in [-0.15, -0.1) is 5.10 Å². The number of ether oxygens (including phenoxy) is 1. The van der Waals surface area contributed by atoms with Gasteiger partial charge in [-0.2, -0.15) is 0 Å². The summed E-state index contributed by atoms with van der Waals surface area (Å²) in [5, 5.41) is 8.41. The summed E-state index contributed by atoms with van der Waals surface area (Å²) in [6.45, 7) is 0.960. The Kier molecular flexibility index (Phi) is 5.03. The van der Waals surface area contributed by atoms with Crippen LogP contribution in [0.2, 0.25) is 0 Å². The first-order chi connectivity index (χ1) is 13.7. The first kappa shape index (κ1) is 17.7. The van der Waals surface area contributed by atoms with Crippen LogP contribution in [0.3, 0.4) is 0 Å².